The Morgan fingerprint density at radius 1 is 1.00 bits per heavy atom. The molecule has 10 atom stereocenters. The number of fused-ring (bicyclic) bond motifs is 5. The molecule has 0 amide bonds. The Labute approximate surface area is 225 Å². The van der Waals surface area contributed by atoms with Crippen LogP contribution in [-0.2, 0) is 9.47 Å². The fraction of sp³-hybridized carbons (Fsp3) is 0.906. The largest absolute Gasteiger partial charge is 0.508 e. The predicted molar refractivity (Wildman–Crippen MR) is 147 cm³/mol. The maximum atomic E-state index is 12.0. The second-order valence-corrected chi connectivity index (χ2v) is 15.1. The van der Waals surface area contributed by atoms with Crippen molar-refractivity contribution in [3.8, 4) is 0 Å². The molecule has 5 nitrogen and oxygen atoms in total. The third-order valence-corrected chi connectivity index (χ3v) is 12.7. The summed E-state index contributed by atoms with van der Waals surface area (Å²) in [5, 5.41) is 23.6. The van der Waals surface area contributed by atoms with E-state index in [4.69, 9.17) is 9.47 Å². The van der Waals surface area contributed by atoms with Gasteiger partial charge < -0.3 is 19.7 Å². The van der Waals surface area contributed by atoms with Crippen LogP contribution < -0.4 is 0 Å². The van der Waals surface area contributed by atoms with Crippen LogP contribution in [0.4, 0.5) is 4.79 Å². The van der Waals surface area contributed by atoms with E-state index in [2.05, 4.69) is 54.5 Å². The minimum absolute atomic E-state index is 0.00199. The molecule has 0 aromatic carbocycles. The Morgan fingerprint density at radius 3 is 2.27 bits per heavy atom. The lowest BCUT2D eigenvalue weighted by Crippen LogP contribution is -2.66. The summed E-state index contributed by atoms with van der Waals surface area (Å²) in [6, 6.07) is 0. The molecule has 2 N–H and O–H groups in total. The average Bonchev–Trinajstić information content (AvgIpc) is 3.18. The molecular formula is C32H54O5. The Kier molecular flexibility index (Phi) is 7.46. The van der Waals surface area contributed by atoms with E-state index in [0.29, 0.717) is 11.8 Å². The summed E-state index contributed by atoms with van der Waals surface area (Å²) in [5.74, 6) is 1.07. The number of carbonyl (C=O) groups is 1. The number of aliphatic hydroxyl groups is 2. The molecule has 5 heteroatoms. The van der Waals surface area contributed by atoms with Gasteiger partial charge in [0.1, 0.15) is 6.10 Å². The maximum absolute atomic E-state index is 12.0. The molecule has 0 aromatic rings. The van der Waals surface area contributed by atoms with E-state index in [0.717, 1.165) is 57.8 Å². The monoisotopic (exact) mass is 518 g/mol. The average molecular weight is 519 g/mol. The summed E-state index contributed by atoms with van der Waals surface area (Å²) in [4.78, 5) is 12.0. The van der Waals surface area contributed by atoms with Crippen molar-refractivity contribution in [3.05, 3.63) is 11.6 Å². The second kappa shape index (κ2) is 9.54. The van der Waals surface area contributed by atoms with Crippen molar-refractivity contribution in [1.82, 2.24) is 0 Å². The van der Waals surface area contributed by atoms with Crippen LogP contribution in [0.1, 0.15) is 113 Å². The molecule has 0 unspecified atom stereocenters. The zero-order valence-electron chi connectivity index (χ0n) is 25.0. The molecule has 0 radical (unpaired) electrons. The number of allylic oxidation sites excluding steroid dienone is 2. The first-order valence-corrected chi connectivity index (χ1v) is 14.8. The van der Waals surface area contributed by atoms with Gasteiger partial charge in [-0.05, 0) is 118 Å². The van der Waals surface area contributed by atoms with Gasteiger partial charge in [-0.2, -0.15) is 0 Å². The van der Waals surface area contributed by atoms with Crippen molar-refractivity contribution in [2.45, 2.75) is 131 Å². The van der Waals surface area contributed by atoms with Crippen LogP contribution in [0.3, 0.4) is 0 Å². The van der Waals surface area contributed by atoms with Crippen molar-refractivity contribution in [2.75, 3.05) is 7.11 Å². The van der Waals surface area contributed by atoms with Crippen molar-refractivity contribution in [2.24, 2.45) is 45.3 Å². The number of aliphatic hydroxyl groups excluding tert-OH is 1. The number of methoxy groups -OCH3 is 1. The highest BCUT2D eigenvalue weighted by Crippen LogP contribution is 2.75. The molecule has 0 aromatic heterocycles. The SMILES string of the molecule is COC(=O)O[C@H]1CC[C@]2(C)[C@H]3C[C@@H](O)[C@@H]4[C@@H]([C@](C)(O)CCC=C(C)C)CC[C@@]4(C)[C@]3(C)CC[C@H]2C1(C)C. The number of carbonyl (C=O) groups excluding carboxylic acids is 1. The normalized spacial score (nSPS) is 46.0. The van der Waals surface area contributed by atoms with Crippen molar-refractivity contribution >= 4 is 6.16 Å². The highest BCUT2D eigenvalue weighted by Gasteiger charge is 2.71. The van der Waals surface area contributed by atoms with Crippen molar-refractivity contribution < 1.29 is 24.5 Å². The molecule has 4 aliphatic carbocycles. The fourth-order valence-electron chi connectivity index (χ4n) is 10.6. The van der Waals surface area contributed by atoms with Crippen LogP contribution in [0.15, 0.2) is 11.6 Å². The van der Waals surface area contributed by atoms with E-state index in [9.17, 15) is 15.0 Å². The van der Waals surface area contributed by atoms with Gasteiger partial charge in [-0.3, -0.25) is 0 Å². The van der Waals surface area contributed by atoms with Crippen molar-refractivity contribution in [3.63, 3.8) is 0 Å². The summed E-state index contributed by atoms with van der Waals surface area (Å²) in [6.45, 7) is 18.2. The van der Waals surface area contributed by atoms with Gasteiger partial charge in [0.05, 0.1) is 18.8 Å². The second-order valence-electron chi connectivity index (χ2n) is 15.1. The molecular weight excluding hydrogens is 464 g/mol. The van der Waals surface area contributed by atoms with Crippen LogP contribution in [0, 0.1) is 45.3 Å². The topological polar surface area (TPSA) is 76.0 Å². The molecule has 4 aliphatic rings. The first-order valence-electron chi connectivity index (χ1n) is 14.8. The highest BCUT2D eigenvalue weighted by atomic mass is 16.7. The Balaban J connectivity index is 1.63. The van der Waals surface area contributed by atoms with Crippen molar-refractivity contribution in [1.29, 1.82) is 0 Å². The smallest absolute Gasteiger partial charge is 0.438 e. The Bertz CT molecular complexity index is 903. The molecule has 4 fully saturated rings. The number of ether oxygens (including phenoxy) is 2. The molecule has 4 saturated carbocycles. The summed E-state index contributed by atoms with van der Waals surface area (Å²) in [6.07, 6.45) is 9.67. The van der Waals surface area contributed by atoms with E-state index in [1.165, 1.54) is 12.7 Å². The van der Waals surface area contributed by atoms with Gasteiger partial charge in [0.15, 0.2) is 0 Å². The zero-order valence-corrected chi connectivity index (χ0v) is 25.0. The molecule has 4 rings (SSSR count). The van der Waals surface area contributed by atoms with Gasteiger partial charge in [0, 0.05) is 5.41 Å². The zero-order chi connectivity index (χ0) is 27.6. The van der Waals surface area contributed by atoms with Gasteiger partial charge in [-0.15, -0.1) is 0 Å². The van der Waals surface area contributed by atoms with Crippen LogP contribution in [0.2, 0.25) is 0 Å². The molecule has 37 heavy (non-hydrogen) atoms. The molecule has 0 aliphatic heterocycles. The van der Waals surface area contributed by atoms with Gasteiger partial charge in [0.2, 0.25) is 0 Å². The fourth-order valence-corrected chi connectivity index (χ4v) is 10.6. The van der Waals surface area contributed by atoms with Crippen LogP contribution in [0.25, 0.3) is 0 Å². The van der Waals surface area contributed by atoms with E-state index in [-0.39, 0.29) is 39.6 Å². The summed E-state index contributed by atoms with van der Waals surface area (Å²) >= 11 is 0. The van der Waals surface area contributed by atoms with Crippen LogP contribution >= 0.6 is 0 Å². The lowest BCUT2D eigenvalue weighted by Gasteiger charge is -2.70. The third-order valence-electron chi connectivity index (χ3n) is 12.7. The molecule has 212 valence electrons. The standard InChI is InChI=1S/C32H54O5/c1-20(2)11-10-15-32(8,35)21-12-17-31(7)26(21)22(33)19-24-29(5)16-14-25(37-27(34)36-9)28(3,4)23(29)13-18-30(24,31)6/h11,21-26,33,35H,10,12-19H2,1-9H3/t21-,22+,23-,24+,25-,26-,29-,30+,31+,32+/m0/s1. The number of rotatable bonds is 5. The highest BCUT2D eigenvalue weighted by molar-refractivity contribution is 5.60. The maximum Gasteiger partial charge on any atom is 0.508 e. The Hall–Kier alpha value is -1.07. The minimum atomic E-state index is -0.773. The van der Waals surface area contributed by atoms with E-state index < -0.39 is 17.9 Å². The number of hydrogen-bond acceptors (Lipinski definition) is 5. The van der Waals surface area contributed by atoms with E-state index in [1.54, 1.807) is 0 Å². The third kappa shape index (κ3) is 4.39. The van der Waals surface area contributed by atoms with E-state index >= 15 is 0 Å². The van der Waals surface area contributed by atoms with Crippen LogP contribution in [-0.4, -0.2) is 41.3 Å². The van der Waals surface area contributed by atoms with Gasteiger partial charge in [0.25, 0.3) is 0 Å². The Morgan fingerprint density at radius 2 is 1.65 bits per heavy atom. The van der Waals surface area contributed by atoms with Gasteiger partial charge in [-0.25, -0.2) is 4.79 Å². The first kappa shape index (κ1) is 28.9. The number of hydrogen-bond donors (Lipinski definition) is 2. The van der Waals surface area contributed by atoms with E-state index in [1.807, 2.05) is 6.92 Å². The summed E-state index contributed by atoms with van der Waals surface area (Å²) < 4.78 is 10.6. The van der Waals surface area contributed by atoms with Gasteiger partial charge >= 0.3 is 6.16 Å². The van der Waals surface area contributed by atoms with Gasteiger partial charge in [-0.1, -0.05) is 46.3 Å². The predicted octanol–water partition coefficient (Wildman–Crippen LogP) is 7.29. The lowest BCUT2D eigenvalue weighted by molar-refractivity contribution is -0.247. The molecule has 0 saturated heterocycles. The minimum Gasteiger partial charge on any atom is -0.438 e. The molecule has 0 bridgehead atoms. The quantitative estimate of drug-likeness (QED) is 0.295. The lowest BCUT2D eigenvalue weighted by atomic mass is 9.35. The first-order chi connectivity index (χ1) is 17.0. The molecule has 0 heterocycles. The molecule has 0 spiro atoms. The summed E-state index contributed by atoms with van der Waals surface area (Å²) in [7, 11) is 1.38. The van der Waals surface area contributed by atoms with Crippen LogP contribution in [0.5, 0.6) is 0 Å². The summed E-state index contributed by atoms with van der Waals surface area (Å²) in [5.41, 5.74) is 0.547.